The van der Waals surface area contributed by atoms with E-state index in [4.69, 9.17) is 19.6 Å². The van der Waals surface area contributed by atoms with Gasteiger partial charge in [0.2, 0.25) is 11.6 Å². The maximum atomic E-state index is 12.3. The normalized spacial score (nSPS) is 13.5. The summed E-state index contributed by atoms with van der Waals surface area (Å²) < 4.78 is 15.9. The summed E-state index contributed by atoms with van der Waals surface area (Å²) >= 11 is 0. The Morgan fingerprint density at radius 1 is 1.18 bits per heavy atom. The molecule has 10 heteroatoms. The lowest BCUT2D eigenvalue weighted by Crippen LogP contribution is -2.23. The van der Waals surface area contributed by atoms with Gasteiger partial charge < -0.3 is 24.5 Å². The lowest BCUT2D eigenvalue weighted by molar-refractivity contribution is -0.144. The number of carbonyl (C=O) groups excluding carboxylic acids is 3. The van der Waals surface area contributed by atoms with E-state index in [1.807, 2.05) is 12.1 Å². The summed E-state index contributed by atoms with van der Waals surface area (Å²) in [5.41, 5.74) is 7.91. The van der Waals surface area contributed by atoms with E-state index in [9.17, 15) is 14.4 Å². The van der Waals surface area contributed by atoms with Gasteiger partial charge in [0.15, 0.2) is 12.4 Å². The summed E-state index contributed by atoms with van der Waals surface area (Å²) in [7, 11) is 0. The van der Waals surface area contributed by atoms with Crippen molar-refractivity contribution < 1.29 is 28.3 Å². The van der Waals surface area contributed by atoms with Gasteiger partial charge in [-0.1, -0.05) is 12.1 Å². The zero-order chi connectivity index (χ0) is 23.5. The fraction of sp³-hybridized carbons (Fsp3) is 0.348. The van der Waals surface area contributed by atoms with Crippen LogP contribution in [-0.4, -0.2) is 41.0 Å². The Labute approximate surface area is 189 Å². The average Bonchev–Trinajstić information content (AvgIpc) is 3.35. The van der Waals surface area contributed by atoms with Gasteiger partial charge in [-0.3, -0.25) is 9.59 Å². The Kier molecular flexibility index (Phi) is 6.25. The van der Waals surface area contributed by atoms with Gasteiger partial charge in [-0.2, -0.15) is 4.98 Å². The minimum atomic E-state index is -0.566. The van der Waals surface area contributed by atoms with Crippen molar-refractivity contribution >= 4 is 40.5 Å². The van der Waals surface area contributed by atoms with Gasteiger partial charge >= 0.3 is 11.9 Å². The summed E-state index contributed by atoms with van der Waals surface area (Å²) in [5.74, 6) is -0.413. The van der Waals surface area contributed by atoms with E-state index in [0.29, 0.717) is 18.7 Å². The number of anilines is 2. The van der Waals surface area contributed by atoms with Gasteiger partial charge in [0.25, 0.3) is 0 Å². The highest BCUT2D eigenvalue weighted by Gasteiger charge is 2.24. The zero-order valence-corrected chi connectivity index (χ0v) is 18.4. The third-order valence-corrected chi connectivity index (χ3v) is 5.31. The number of nitrogen functional groups attached to an aromatic ring is 1. The van der Waals surface area contributed by atoms with Crippen LogP contribution in [0.25, 0.3) is 11.1 Å². The number of esters is 2. The van der Waals surface area contributed by atoms with Crippen LogP contribution in [0, 0.1) is 6.92 Å². The Morgan fingerprint density at radius 2 is 1.94 bits per heavy atom. The van der Waals surface area contributed by atoms with E-state index in [0.717, 1.165) is 17.7 Å². The lowest BCUT2D eigenvalue weighted by Gasteiger charge is -2.15. The van der Waals surface area contributed by atoms with Crippen LogP contribution in [0.15, 0.2) is 28.7 Å². The van der Waals surface area contributed by atoms with Crippen LogP contribution in [0.4, 0.5) is 11.5 Å². The maximum absolute atomic E-state index is 12.3. The number of aromatic nitrogens is 2. The topological polar surface area (TPSA) is 138 Å². The molecule has 3 heterocycles. The molecule has 2 aromatic heterocycles. The quantitative estimate of drug-likeness (QED) is 0.536. The molecule has 1 fully saturated rings. The average molecular weight is 452 g/mol. The first-order valence-corrected chi connectivity index (χ1v) is 10.6. The highest BCUT2D eigenvalue weighted by atomic mass is 16.5. The third kappa shape index (κ3) is 4.64. The summed E-state index contributed by atoms with van der Waals surface area (Å²) in [6, 6.07) is 7.24. The van der Waals surface area contributed by atoms with E-state index in [-0.39, 0.29) is 53.8 Å². The van der Waals surface area contributed by atoms with E-state index in [1.165, 1.54) is 0 Å². The number of hydrogen-bond acceptors (Lipinski definition) is 9. The minimum absolute atomic E-state index is 0.0398. The first kappa shape index (κ1) is 22.3. The molecular formula is C23H24N4O6. The number of rotatable bonds is 7. The zero-order valence-electron chi connectivity index (χ0n) is 18.4. The second kappa shape index (κ2) is 9.27. The van der Waals surface area contributed by atoms with E-state index >= 15 is 0 Å². The molecule has 0 spiro atoms. The maximum Gasteiger partial charge on any atom is 0.342 e. The highest BCUT2D eigenvalue weighted by molar-refractivity contribution is 6.07. The SMILES string of the molecule is CCOC(=O)c1c(C)oc2nc(COC(=O)Cc3ccc(N4CCCC4=O)cc3)nc(N)c12. The van der Waals surface area contributed by atoms with Gasteiger partial charge in [0.05, 0.1) is 18.4 Å². The molecule has 0 atom stereocenters. The van der Waals surface area contributed by atoms with E-state index in [1.54, 1.807) is 30.9 Å². The molecule has 4 rings (SSSR count). The van der Waals surface area contributed by atoms with Crippen molar-refractivity contribution in [3.05, 3.63) is 47.0 Å². The number of aryl methyl sites for hydroxylation is 1. The molecular weight excluding hydrogens is 428 g/mol. The van der Waals surface area contributed by atoms with Crippen molar-refractivity contribution in [2.24, 2.45) is 0 Å². The van der Waals surface area contributed by atoms with E-state index in [2.05, 4.69) is 9.97 Å². The van der Waals surface area contributed by atoms with Crippen LogP contribution in [-0.2, 0) is 32.1 Å². The molecule has 1 saturated heterocycles. The molecule has 0 aliphatic carbocycles. The fourth-order valence-electron chi connectivity index (χ4n) is 3.77. The molecule has 0 radical (unpaired) electrons. The van der Waals surface area contributed by atoms with Gasteiger partial charge in [-0.05, 0) is 38.0 Å². The Hall–Kier alpha value is -3.95. The van der Waals surface area contributed by atoms with Crippen LogP contribution in [0.2, 0.25) is 0 Å². The molecule has 3 aromatic rings. The molecule has 0 bridgehead atoms. The first-order chi connectivity index (χ1) is 15.9. The molecule has 1 aliphatic rings. The largest absolute Gasteiger partial charge is 0.462 e. The molecule has 10 nitrogen and oxygen atoms in total. The number of nitrogens with two attached hydrogens (primary N) is 1. The molecule has 0 saturated carbocycles. The minimum Gasteiger partial charge on any atom is -0.462 e. The highest BCUT2D eigenvalue weighted by Crippen LogP contribution is 2.29. The molecule has 172 valence electrons. The second-order valence-electron chi connectivity index (χ2n) is 7.61. The van der Waals surface area contributed by atoms with Crippen molar-refractivity contribution in [2.75, 3.05) is 23.8 Å². The van der Waals surface area contributed by atoms with Crippen LogP contribution < -0.4 is 10.6 Å². The van der Waals surface area contributed by atoms with Gasteiger partial charge in [-0.15, -0.1) is 0 Å². The summed E-state index contributed by atoms with van der Waals surface area (Å²) in [4.78, 5) is 46.4. The van der Waals surface area contributed by atoms with Crippen molar-refractivity contribution in [3.63, 3.8) is 0 Å². The Balaban J connectivity index is 1.40. The summed E-state index contributed by atoms with van der Waals surface area (Å²) in [6.45, 7) is 4.03. The first-order valence-electron chi connectivity index (χ1n) is 10.6. The molecule has 2 N–H and O–H groups in total. The van der Waals surface area contributed by atoms with Crippen LogP contribution in [0.3, 0.4) is 0 Å². The monoisotopic (exact) mass is 452 g/mol. The standard InChI is InChI=1S/C23H24N4O6/c1-3-31-23(30)19-13(2)33-22-20(19)21(24)25-16(26-22)12-32-18(29)11-14-6-8-15(9-7-14)27-10-4-5-17(27)28/h6-9H,3-5,10-12H2,1-2H3,(H2,24,25,26). The number of ether oxygens (including phenoxy) is 2. The van der Waals surface area contributed by atoms with Crippen molar-refractivity contribution in [2.45, 2.75) is 39.7 Å². The van der Waals surface area contributed by atoms with Crippen LogP contribution >= 0.6 is 0 Å². The smallest absolute Gasteiger partial charge is 0.342 e. The summed E-state index contributed by atoms with van der Waals surface area (Å²) in [5, 5.41) is 0.276. The van der Waals surface area contributed by atoms with Crippen molar-refractivity contribution in [3.8, 4) is 0 Å². The Morgan fingerprint density at radius 3 is 2.61 bits per heavy atom. The van der Waals surface area contributed by atoms with E-state index < -0.39 is 11.9 Å². The Bertz CT molecular complexity index is 1220. The lowest BCUT2D eigenvalue weighted by atomic mass is 10.1. The molecule has 33 heavy (non-hydrogen) atoms. The molecule has 1 aromatic carbocycles. The molecule has 0 unspecified atom stereocenters. The van der Waals surface area contributed by atoms with Crippen LogP contribution in [0.1, 0.15) is 47.3 Å². The predicted octanol–water partition coefficient (Wildman–Crippen LogP) is 2.70. The summed E-state index contributed by atoms with van der Waals surface area (Å²) in [6.07, 6.45) is 1.47. The third-order valence-electron chi connectivity index (χ3n) is 5.31. The number of nitrogens with zero attached hydrogens (tertiary/aromatic N) is 3. The van der Waals surface area contributed by atoms with Gasteiger partial charge in [0, 0.05) is 18.7 Å². The second-order valence-corrected chi connectivity index (χ2v) is 7.61. The van der Waals surface area contributed by atoms with Gasteiger partial charge in [-0.25, -0.2) is 9.78 Å². The fourth-order valence-corrected chi connectivity index (χ4v) is 3.77. The molecule has 1 amide bonds. The van der Waals surface area contributed by atoms with Gasteiger partial charge in [0.1, 0.15) is 17.1 Å². The number of benzene rings is 1. The number of fused-ring (bicyclic) bond motifs is 1. The number of carbonyl (C=O) groups is 3. The number of hydrogen-bond donors (Lipinski definition) is 1. The van der Waals surface area contributed by atoms with Crippen molar-refractivity contribution in [1.82, 2.24) is 9.97 Å². The number of amides is 1. The predicted molar refractivity (Wildman–Crippen MR) is 118 cm³/mol. The van der Waals surface area contributed by atoms with Crippen LogP contribution in [0.5, 0.6) is 0 Å². The molecule has 1 aliphatic heterocycles. The number of furan rings is 1. The van der Waals surface area contributed by atoms with Crippen molar-refractivity contribution in [1.29, 1.82) is 0 Å².